The van der Waals surface area contributed by atoms with Gasteiger partial charge in [-0.05, 0) is 43.1 Å². The Labute approximate surface area is 117 Å². The summed E-state index contributed by atoms with van der Waals surface area (Å²) < 4.78 is 10.9. The molecule has 0 bridgehead atoms. The van der Waals surface area contributed by atoms with Gasteiger partial charge >= 0.3 is 0 Å². The molecule has 2 aliphatic heterocycles. The van der Waals surface area contributed by atoms with Crippen molar-refractivity contribution in [3.05, 3.63) is 29.7 Å². The first kappa shape index (κ1) is 11.9. The minimum Gasteiger partial charge on any atom is -0.493 e. The highest BCUT2D eigenvalue weighted by atomic mass is 16.5. The summed E-state index contributed by atoms with van der Waals surface area (Å²) in [5.74, 6) is 2.35. The Morgan fingerprint density at radius 1 is 1.25 bits per heavy atom. The average Bonchev–Trinajstić information content (AvgIpc) is 3.16. The molecule has 0 saturated carbocycles. The SMILES string of the molecule is c1cc2c(cc1-c1noc(C3CCCCN3)n1)CCO2. The fourth-order valence-electron chi connectivity index (χ4n) is 2.88. The van der Waals surface area contributed by atoms with Gasteiger partial charge in [-0.15, -0.1) is 0 Å². The van der Waals surface area contributed by atoms with Gasteiger partial charge in [-0.1, -0.05) is 11.6 Å². The van der Waals surface area contributed by atoms with E-state index in [-0.39, 0.29) is 6.04 Å². The van der Waals surface area contributed by atoms with Gasteiger partial charge in [-0.2, -0.15) is 4.98 Å². The maximum Gasteiger partial charge on any atom is 0.244 e. The van der Waals surface area contributed by atoms with Gasteiger partial charge in [0.25, 0.3) is 0 Å². The van der Waals surface area contributed by atoms with E-state index in [0.717, 1.165) is 37.3 Å². The largest absolute Gasteiger partial charge is 0.493 e. The second kappa shape index (κ2) is 4.90. The summed E-state index contributed by atoms with van der Waals surface area (Å²) in [5.41, 5.74) is 2.23. The molecule has 3 heterocycles. The number of benzene rings is 1. The van der Waals surface area contributed by atoms with Gasteiger partial charge in [-0.3, -0.25) is 0 Å². The smallest absolute Gasteiger partial charge is 0.244 e. The number of hydrogen-bond acceptors (Lipinski definition) is 5. The van der Waals surface area contributed by atoms with Crippen LogP contribution in [-0.4, -0.2) is 23.3 Å². The van der Waals surface area contributed by atoms with Crippen molar-refractivity contribution in [1.29, 1.82) is 0 Å². The van der Waals surface area contributed by atoms with Crippen LogP contribution in [0.5, 0.6) is 5.75 Å². The molecule has 0 amide bonds. The van der Waals surface area contributed by atoms with E-state index in [1.54, 1.807) is 0 Å². The van der Waals surface area contributed by atoms with Crippen LogP contribution in [0.2, 0.25) is 0 Å². The first-order valence-electron chi connectivity index (χ1n) is 7.23. The predicted octanol–water partition coefficient (Wildman–Crippen LogP) is 2.49. The van der Waals surface area contributed by atoms with Crippen LogP contribution < -0.4 is 10.1 Å². The zero-order valence-electron chi connectivity index (χ0n) is 11.3. The highest BCUT2D eigenvalue weighted by Gasteiger charge is 2.22. The second-order valence-corrected chi connectivity index (χ2v) is 5.38. The number of ether oxygens (including phenoxy) is 1. The zero-order valence-corrected chi connectivity index (χ0v) is 11.3. The van der Waals surface area contributed by atoms with E-state index in [2.05, 4.69) is 21.5 Å². The van der Waals surface area contributed by atoms with Crippen molar-refractivity contribution in [3.8, 4) is 17.1 Å². The molecular weight excluding hydrogens is 254 g/mol. The number of piperidine rings is 1. The van der Waals surface area contributed by atoms with E-state index >= 15 is 0 Å². The molecule has 20 heavy (non-hydrogen) atoms. The van der Waals surface area contributed by atoms with E-state index in [0.29, 0.717) is 11.7 Å². The summed E-state index contributed by atoms with van der Waals surface area (Å²) in [4.78, 5) is 4.55. The van der Waals surface area contributed by atoms with E-state index in [1.165, 1.54) is 18.4 Å². The Kier molecular flexibility index (Phi) is 2.92. The quantitative estimate of drug-likeness (QED) is 0.909. The molecule has 1 saturated heterocycles. The van der Waals surface area contributed by atoms with Gasteiger partial charge in [0, 0.05) is 12.0 Å². The lowest BCUT2D eigenvalue weighted by molar-refractivity contribution is 0.297. The monoisotopic (exact) mass is 271 g/mol. The van der Waals surface area contributed by atoms with Crippen LogP contribution in [0.1, 0.15) is 36.8 Å². The third kappa shape index (κ3) is 2.08. The molecule has 1 N–H and O–H groups in total. The van der Waals surface area contributed by atoms with Crippen molar-refractivity contribution in [1.82, 2.24) is 15.5 Å². The number of hydrogen-bond donors (Lipinski definition) is 1. The third-order valence-corrected chi connectivity index (χ3v) is 4.00. The Hall–Kier alpha value is -1.88. The number of rotatable bonds is 2. The molecule has 1 aromatic heterocycles. The normalized spacial score (nSPS) is 21.5. The van der Waals surface area contributed by atoms with Crippen LogP contribution >= 0.6 is 0 Å². The lowest BCUT2D eigenvalue weighted by Crippen LogP contribution is -2.26. The van der Waals surface area contributed by atoms with Crippen LogP contribution in [0.25, 0.3) is 11.4 Å². The first-order chi connectivity index (χ1) is 9.90. The third-order valence-electron chi connectivity index (χ3n) is 4.00. The van der Waals surface area contributed by atoms with Crippen molar-refractivity contribution in [2.45, 2.75) is 31.7 Å². The molecule has 2 aromatic rings. The van der Waals surface area contributed by atoms with Gasteiger partial charge in [-0.25, -0.2) is 0 Å². The highest BCUT2D eigenvalue weighted by Crippen LogP contribution is 2.30. The van der Waals surface area contributed by atoms with Gasteiger partial charge in [0.15, 0.2) is 0 Å². The highest BCUT2D eigenvalue weighted by molar-refractivity contribution is 5.59. The molecule has 5 nitrogen and oxygen atoms in total. The molecule has 1 unspecified atom stereocenters. The number of nitrogens with one attached hydrogen (secondary N) is 1. The average molecular weight is 271 g/mol. The number of nitrogens with zero attached hydrogens (tertiary/aromatic N) is 2. The lowest BCUT2D eigenvalue weighted by Gasteiger charge is -2.19. The van der Waals surface area contributed by atoms with Gasteiger partial charge in [0.2, 0.25) is 11.7 Å². The first-order valence-corrected chi connectivity index (χ1v) is 7.23. The molecule has 2 aliphatic rings. The summed E-state index contributed by atoms with van der Waals surface area (Å²) >= 11 is 0. The number of fused-ring (bicyclic) bond motifs is 1. The molecule has 0 radical (unpaired) electrons. The summed E-state index contributed by atoms with van der Waals surface area (Å²) in [6.45, 7) is 1.79. The van der Waals surface area contributed by atoms with E-state index in [4.69, 9.17) is 9.26 Å². The summed E-state index contributed by atoms with van der Waals surface area (Å²) in [7, 11) is 0. The number of aromatic nitrogens is 2. The van der Waals surface area contributed by atoms with E-state index in [9.17, 15) is 0 Å². The molecule has 1 atom stereocenters. The molecule has 0 aliphatic carbocycles. The molecule has 4 rings (SSSR count). The van der Waals surface area contributed by atoms with Crippen LogP contribution in [0, 0.1) is 0 Å². The standard InChI is InChI=1S/C15H17N3O2/c1-2-7-16-12(3-1)15-17-14(18-20-15)11-4-5-13-10(9-11)6-8-19-13/h4-5,9,12,16H,1-3,6-8H2. The Morgan fingerprint density at radius 3 is 3.15 bits per heavy atom. The van der Waals surface area contributed by atoms with E-state index < -0.39 is 0 Å². The Bertz CT molecular complexity index is 617. The Morgan fingerprint density at radius 2 is 2.25 bits per heavy atom. The summed E-state index contributed by atoms with van der Waals surface area (Å²) in [6, 6.07) is 6.30. The topological polar surface area (TPSA) is 60.2 Å². The minimum atomic E-state index is 0.211. The van der Waals surface area contributed by atoms with Crippen molar-refractivity contribution < 1.29 is 9.26 Å². The Balaban J connectivity index is 1.61. The maximum absolute atomic E-state index is 5.52. The van der Waals surface area contributed by atoms with Crippen molar-refractivity contribution in [2.75, 3.05) is 13.2 Å². The minimum absolute atomic E-state index is 0.211. The maximum atomic E-state index is 5.52. The van der Waals surface area contributed by atoms with Gasteiger partial charge in [0.05, 0.1) is 12.6 Å². The van der Waals surface area contributed by atoms with Crippen molar-refractivity contribution >= 4 is 0 Å². The fraction of sp³-hybridized carbons (Fsp3) is 0.467. The summed E-state index contributed by atoms with van der Waals surface area (Å²) in [5, 5.41) is 7.55. The lowest BCUT2D eigenvalue weighted by atomic mass is 10.1. The molecule has 1 fully saturated rings. The summed E-state index contributed by atoms with van der Waals surface area (Å²) in [6.07, 6.45) is 4.46. The molecule has 104 valence electrons. The van der Waals surface area contributed by atoms with E-state index in [1.807, 2.05) is 12.1 Å². The molecule has 0 spiro atoms. The van der Waals surface area contributed by atoms with Crippen molar-refractivity contribution in [3.63, 3.8) is 0 Å². The van der Waals surface area contributed by atoms with Crippen LogP contribution in [0.3, 0.4) is 0 Å². The van der Waals surface area contributed by atoms with Crippen LogP contribution in [0.4, 0.5) is 0 Å². The fourth-order valence-corrected chi connectivity index (χ4v) is 2.88. The van der Waals surface area contributed by atoms with Crippen LogP contribution in [-0.2, 0) is 6.42 Å². The van der Waals surface area contributed by atoms with Gasteiger partial charge < -0.3 is 14.6 Å². The molecular formula is C15H17N3O2. The second-order valence-electron chi connectivity index (χ2n) is 5.38. The molecule has 5 heteroatoms. The predicted molar refractivity (Wildman–Crippen MR) is 73.5 cm³/mol. The van der Waals surface area contributed by atoms with Crippen LogP contribution in [0.15, 0.2) is 22.7 Å². The molecule has 1 aromatic carbocycles. The van der Waals surface area contributed by atoms with Gasteiger partial charge in [0.1, 0.15) is 5.75 Å². The zero-order chi connectivity index (χ0) is 13.4. The van der Waals surface area contributed by atoms with Crippen molar-refractivity contribution in [2.24, 2.45) is 0 Å².